The second kappa shape index (κ2) is 7.78. The van der Waals surface area contributed by atoms with Crippen molar-refractivity contribution in [3.8, 4) is 0 Å². The molecule has 1 amide bonds. The Morgan fingerprint density at radius 2 is 2.21 bits per heavy atom. The Morgan fingerprint density at radius 3 is 2.83 bits per heavy atom. The summed E-state index contributed by atoms with van der Waals surface area (Å²) in [7, 11) is 0. The highest BCUT2D eigenvalue weighted by Gasteiger charge is 2.36. The molecule has 2 heterocycles. The number of aliphatic hydroxyl groups excluding tert-OH is 1. The van der Waals surface area contributed by atoms with E-state index >= 15 is 0 Å². The van der Waals surface area contributed by atoms with Crippen LogP contribution >= 0.6 is 0 Å². The number of aliphatic hydroxyl groups is 1. The van der Waals surface area contributed by atoms with Crippen molar-refractivity contribution in [3.63, 3.8) is 0 Å². The molecule has 24 heavy (non-hydrogen) atoms. The molecule has 0 radical (unpaired) electrons. The molecule has 0 saturated carbocycles. The van der Waals surface area contributed by atoms with Crippen LogP contribution in [-0.4, -0.2) is 64.8 Å². The molecule has 9 heteroatoms. The first-order valence-electron chi connectivity index (χ1n) is 7.80. The highest BCUT2D eigenvalue weighted by atomic mass is 19.4. The monoisotopic (exact) mass is 346 g/mol. The molecule has 0 bridgehead atoms. The van der Waals surface area contributed by atoms with Gasteiger partial charge in [0.05, 0.1) is 12.5 Å². The van der Waals surface area contributed by atoms with Gasteiger partial charge in [0.2, 0.25) is 5.91 Å². The van der Waals surface area contributed by atoms with E-state index in [1.807, 2.05) is 11.8 Å². The van der Waals surface area contributed by atoms with E-state index in [1.165, 1.54) is 6.33 Å². The molecule has 1 atom stereocenters. The number of hydrogen-bond acceptors (Lipinski definition) is 5. The number of carbonyl (C=O) groups is 1. The van der Waals surface area contributed by atoms with Gasteiger partial charge in [0, 0.05) is 31.4 Å². The first-order chi connectivity index (χ1) is 11.3. The minimum absolute atomic E-state index is 0.315. The highest BCUT2D eigenvalue weighted by Crippen LogP contribution is 2.25. The van der Waals surface area contributed by atoms with Crippen molar-refractivity contribution < 1.29 is 23.1 Å². The fraction of sp³-hybridized carbons (Fsp3) is 0.667. The van der Waals surface area contributed by atoms with Crippen molar-refractivity contribution in [2.45, 2.75) is 25.9 Å². The molecular weight excluding hydrogens is 325 g/mol. The van der Waals surface area contributed by atoms with Crippen LogP contribution in [0.2, 0.25) is 0 Å². The molecule has 1 aromatic heterocycles. The molecule has 1 aromatic rings. The van der Waals surface area contributed by atoms with Crippen LogP contribution in [0.1, 0.15) is 18.5 Å². The van der Waals surface area contributed by atoms with Crippen molar-refractivity contribution >= 4 is 11.7 Å². The molecule has 0 spiro atoms. The van der Waals surface area contributed by atoms with Crippen LogP contribution < -0.4 is 4.90 Å². The van der Waals surface area contributed by atoms with Crippen molar-refractivity contribution in [1.82, 2.24) is 14.9 Å². The number of rotatable bonds is 5. The van der Waals surface area contributed by atoms with Gasteiger partial charge >= 0.3 is 6.18 Å². The third-order valence-electron chi connectivity index (χ3n) is 3.94. The third kappa shape index (κ3) is 5.05. The van der Waals surface area contributed by atoms with Gasteiger partial charge in [-0.1, -0.05) is 0 Å². The van der Waals surface area contributed by atoms with Gasteiger partial charge in [-0.05, 0) is 19.8 Å². The van der Waals surface area contributed by atoms with Crippen LogP contribution in [0.5, 0.6) is 0 Å². The largest absolute Gasteiger partial charge is 0.406 e. The molecule has 6 nitrogen and oxygen atoms in total. The van der Waals surface area contributed by atoms with Gasteiger partial charge in [0.1, 0.15) is 18.7 Å². The molecule has 0 aromatic carbocycles. The zero-order chi connectivity index (χ0) is 17.7. The quantitative estimate of drug-likeness (QED) is 0.872. The van der Waals surface area contributed by atoms with Crippen molar-refractivity contribution in [2.75, 3.05) is 37.7 Å². The molecule has 1 saturated heterocycles. The predicted molar refractivity (Wildman–Crippen MR) is 81.4 cm³/mol. The summed E-state index contributed by atoms with van der Waals surface area (Å²) in [6, 6.07) is 1.79. The van der Waals surface area contributed by atoms with E-state index in [-0.39, 0.29) is 6.54 Å². The fourth-order valence-electron chi connectivity index (χ4n) is 2.86. The number of anilines is 1. The number of amides is 1. The number of aromatic nitrogens is 2. The molecule has 1 aliphatic rings. The maximum absolute atomic E-state index is 12.6. The maximum atomic E-state index is 12.6. The summed E-state index contributed by atoms with van der Waals surface area (Å²) in [5.74, 6) is -0.440. The van der Waals surface area contributed by atoms with Crippen LogP contribution in [0.15, 0.2) is 12.4 Å². The molecule has 134 valence electrons. The van der Waals surface area contributed by atoms with Gasteiger partial charge in [0.15, 0.2) is 0 Å². The summed E-state index contributed by atoms with van der Waals surface area (Å²) in [5.41, 5.74) is 0.785. The lowest BCUT2D eigenvalue weighted by Gasteiger charge is -2.35. The zero-order valence-electron chi connectivity index (χ0n) is 13.5. The molecular formula is C15H21F3N4O2. The standard InChI is InChI=1S/C15H21F3N4O2/c1-11-7-13(20-10-19-11)21-4-2-3-12(8-21)14(24)22(5-6-23)9-15(16,17)18/h7,10,12,23H,2-6,8-9H2,1H3. The van der Waals surface area contributed by atoms with Gasteiger partial charge in [-0.2, -0.15) is 13.2 Å². The first kappa shape index (κ1) is 18.4. The van der Waals surface area contributed by atoms with Gasteiger partial charge < -0.3 is 14.9 Å². The average molecular weight is 346 g/mol. The van der Waals surface area contributed by atoms with Crippen molar-refractivity contribution in [1.29, 1.82) is 0 Å². The Bertz CT molecular complexity index is 568. The SMILES string of the molecule is Cc1cc(N2CCCC(C(=O)N(CCO)CC(F)(F)F)C2)ncn1. The minimum Gasteiger partial charge on any atom is -0.395 e. The van der Waals surface area contributed by atoms with E-state index in [1.54, 1.807) is 6.07 Å². The summed E-state index contributed by atoms with van der Waals surface area (Å²) in [6.45, 7) is 0.680. The van der Waals surface area contributed by atoms with Gasteiger partial charge in [-0.3, -0.25) is 4.79 Å². The molecule has 1 fully saturated rings. The third-order valence-corrected chi connectivity index (χ3v) is 3.94. The Morgan fingerprint density at radius 1 is 1.46 bits per heavy atom. The van der Waals surface area contributed by atoms with Crippen LogP contribution in [0.25, 0.3) is 0 Å². The van der Waals surface area contributed by atoms with E-state index in [0.29, 0.717) is 36.6 Å². The van der Waals surface area contributed by atoms with E-state index in [9.17, 15) is 18.0 Å². The fourth-order valence-corrected chi connectivity index (χ4v) is 2.86. The second-order valence-corrected chi connectivity index (χ2v) is 5.90. The highest BCUT2D eigenvalue weighted by molar-refractivity contribution is 5.79. The van der Waals surface area contributed by atoms with Crippen molar-refractivity contribution in [2.24, 2.45) is 5.92 Å². The number of carbonyl (C=O) groups excluding carboxylic acids is 1. The summed E-state index contributed by atoms with van der Waals surface area (Å²) >= 11 is 0. The average Bonchev–Trinajstić information content (AvgIpc) is 2.53. The smallest absolute Gasteiger partial charge is 0.395 e. The van der Waals surface area contributed by atoms with Gasteiger partial charge in [0.25, 0.3) is 0 Å². The van der Waals surface area contributed by atoms with Crippen LogP contribution in [0, 0.1) is 12.8 Å². The Hall–Kier alpha value is -1.90. The van der Waals surface area contributed by atoms with Crippen LogP contribution in [0.4, 0.5) is 19.0 Å². The number of hydrogen-bond donors (Lipinski definition) is 1. The van der Waals surface area contributed by atoms with Crippen LogP contribution in [0.3, 0.4) is 0 Å². The number of piperidine rings is 1. The molecule has 1 N–H and O–H groups in total. The summed E-state index contributed by atoms with van der Waals surface area (Å²) in [5, 5.41) is 8.95. The Balaban J connectivity index is 2.08. The topological polar surface area (TPSA) is 69.6 Å². The molecule has 1 unspecified atom stereocenters. The Labute approximate surface area is 138 Å². The first-order valence-corrected chi connectivity index (χ1v) is 7.80. The minimum atomic E-state index is -4.48. The van der Waals surface area contributed by atoms with E-state index in [4.69, 9.17) is 5.11 Å². The van der Waals surface area contributed by atoms with E-state index < -0.39 is 31.2 Å². The summed E-state index contributed by atoms with van der Waals surface area (Å²) in [6.07, 6.45) is -1.83. The van der Waals surface area contributed by atoms with Gasteiger partial charge in [-0.25, -0.2) is 9.97 Å². The summed E-state index contributed by atoms with van der Waals surface area (Å²) < 4.78 is 37.9. The normalized spacial score (nSPS) is 18.5. The second-order valence-electron chi connectivity index (χ2n) is 5.90. The number of halogens is 3. The molecule has 0 aliphatic carbocycles. The lowest BCUT2D eigenvalue weighted by atomic mass is 9.96. The lowest BCUT2D eigenvalue weighted by molar-refractivity contribution is -0.164. The maximum Gasteiger partial charge on any atom is 0.406 e. The predicted octanol–water partition coefficient (Wildman–Crippen LogP) is 1.38. The zero-order valence-corrected chi connectivity index (χ0v) is 13.5. The molecule has 1 aliphatic heterocycles. The number of alkyl halides is 3. The number of aryl methyl sites for hydroxylation is 1. The van der Waals surface area contributed by atoms with Gasteiger partial charge in [-0.15, -0.1) is 0 Å². The summed E-state index contributed by atoms with van der Waals surface area (Å²) in [4.78, 5) is 23.2. The van der Waals surface area contributed by atoms with E-state index in [2.05, 4.69) is 9.97 Å². The van der Waals surface area contributed by atoms with Crippen LogP contribution in [-0.2, 0) is 4.79 Å². The number of nitrogens with zero attached hydrogens (tertiary/aromatic N) is 4. The van der Waals surface area contributed by atoms with E-state index in [0.717, 1.165) is 5.69 Å². The van der Waals surface area contributed by atoms with Crippen molar-refractivity contribution in [3.05, 3.63) is 18.1 Å². The Kier molecular flexibility index (Phi) is 5.98. The molecule has 2 rings (SSSR count). The lowest BCUT2D eigenvalue weighted by Crippen LogP contribution is -2.48.